The predicted molar refractivity (Wildman–Crippen MR) is 67.5 cm³/mol. The first-order chi connectivity index (χ1) is 7.58. The maximum atomic E-state index is 9.52. The highest BCUT2D eigenvalue weighted by Crippen LogP contribution is 2.35. The summed E-state index contributed by atoms with van der Waals surface area (Å²) in [5.41, 5.74) is 10.7. The van der Waals surface area contributed by atoms with Crippen LogP contribution in [0.2, 0.25) is 0 Å². The van der Waals surface area contributed by atoms with Crippen molar-refractivity contribution in [2.75, 3.05) is 5.73 Å². The zero-order valence-electron chi connectivity index (χ0n) is 10.2. The van der Waals surface area contributed by atoms with Gasteiger partial charge in [0.2, 0.25) is 0 Å². The van der Waals surface area contributed by atoms with Crippen LogP contribution in [-0.2, 0) is 0 Å². The van der Waals surface area contributed by atoms with Crippen molar-refractivity contribution in [1.82, 2.24) is 0 Å². The van der Waals surface area contributed by atoms with Gasteiger partial charge in [0.25, 0.3) is 0 Å². The van der Waals surface area contributed by atoms with Crippen LogP contribution in [0.4, 0.5) is 5.69 Å². The fourth-order valence-corrected chi connectivity index (χ4v) is 2.69. The molecule has 0 radical (unpaired) electrons. The van der Waals surface area contributed by atoms with Crippen molar-refractivity contribution in [1.29, 1.82) is 0 Å². The summed E-state index contributed by atoms with van der Waals surface area (Å²) in [5, 5.41) is 9.52. The molecule has 0 aliphatic heterocycles. The minimum Gasteiger partial charge on any atom is -0.399 e. The van der Waals surface area contributed by atoms with E-state index in [-0.39, 0.29) is 6.10 Å². The van der Waals surface area contributed by atoms with E-state index in [0.29, 0.717) is 5.92 Å². The number of aliphatic hydroxyl groups is 1. The fourth-order valence-electron chi connectivity index (χ4n) is 2.69. The Morgan fingerprint density at radius 3 is 2.31 bits per heavy atom. The lowest BCUT2D eigenvalue weighted by Crippen LogP contribution is -2.17. The Hall–Kier alpha value is -1.02. The molecule has 2 nitrogen and oxygen atoms in total. The third-order valence-corrected chi connectivity index (χ3v) is 3.79. The standard InChI is InChI=1S/C14H21NO/c1-9-8-14(15)10(2)7-13(9)11-3-5-12(16)6-4-11/h7-8,11-12,16H,3-6,15H2,1-2H3/t11-,12+. The van der Waals surface area contributed by atoms with E-state index < -0.39 is 0 Å². The summed E-state index contributed by atoms with van der Waals surface area (Å²) in [6.45, 7) is 4.20. The molecular weight excluding hydrogens is 198 g/mol. The first-order valence-corrected chi connectivity index (χ1v) is 6.12. The fraction of sp³-hybridized carbons (Fsp3) is 0.571. The summed E-state index contributed by atoms with van der Waals surface area (Å²) in [4.78, 5) is 0. The predicted octanol–water partition coefficient (Wildman–Crippen LogP) is 2.90. The quantitative estimate of drug-likeness (QED) is 0.713. The van der Waals surface area contributed by atoms with E-state index in [1.54, 1.807) is 0 Å². The van der Waals surface area contributed by atoms with Crippen LogP contribution < -0.4 is 5.73 Å². The van der Waals surface area contributed by atoms with Gasteiger partial charge in [0.05, 0.1) is 6.10 Å². The van der Waals surface area contributed by atoms with Gasteiger partial charge < -0.3 is 10.8 Å². The lowest BCUT2D eigenvalue weighted by atomic mass is 9.80. The topological polar surface area (TPSA) is 46.2 Å². The van der Waals surface area contributed by atoms with E-state index in [9.17, 15) is 5.11 Å². The molecule has 0 atom stereocenters. The van der Waals surface area contributed by atoms with Crippen LogP contribution >= 0.6 is 0 Å². The molecule has 1 fully saturated rings. The number of hydrogen-bond donors (Lipinski definition) is 2. The Morgan fingerprint density at radius 1 is 1.06 bits per heavy atom. The van der Waals surface area contributed by atoms with Crippen molar-refractivity contribution < 1.29 is 5.11 Å². The van der Waals surface area contributed by atoms with Crippen LogP contribution in [0.15, 0.2) is 12.1 Å². The second-order valence-electron chi connectivity index (χ2n) is 5.07. The Bertz CT molecular complexity index is 379. The maximum absolute atomic E-state index is 9.52. The highest BCUT2D eigenvalue weighted by molar-refractivity contribution is 5.52. The molecule has 2 heteroatoms. The van der Waals surface area contributed by atoms with E-state index >= 15 is 0 Å². The molecule has 1 saturated carbocycles. The summed E-state index contributed by atoms with van der Waals surface area (Å²) in [7, 11) is 0. The van der Waals surface area contributed by atoms with Crippen molar-refractivity contribution in [2.24, 2.45) is 0 Å². The van der Waals surface area contributed by atoms with Crippen LogP contribution in [0.1, 0.15) is 48.3 Å². The zero-order chi connectivity index (χ0) is 11.7. The highest BCUT2D eigenvalue weighted by Gasteiger charge is 2.22. The molecule has 2 rings (SSSR count). The monoisotopic (exact) mass is 219 g/mol. The number of nitrogen functional groups attached to an aromatic ring is 1. The lowest BCUT2D eigenvalue weighted by molar-refractivity contribution is 0.122. The van der Waals surface area contributed by atoms with Crippen molar-refractivity contribution >= 4 is 5.69 Å². The lowest BCUT2D eigenvalue weighted by Gasteiger charge is -2.27. The molecule has 0 spiro atoms. The number of nitrogens with two attached hydrogens (primary N) is 1. The Balaban J connectivity index is 2.23. The van der Waals surface area contributed by atoms with Crippen LogP contribution in [0.3, 0.4) is 0 Å². The summed E-state index contributed by atoms with van der Waals surface area (Å²) >= 11 is 0. The Morgan fingerprint density at radius 2 is 1.69 bits per heavy atom. The first-order valence-electron chi connectivity index (χ1n) is 6.12. The molecule has 0 amide bonds. The molecule has 0 unspecified atom stereocenters. The molecule has 16 heavy (non-hydrogen) atoms. The van der Waals surface area contributed by atoms with Crippen LogP contribution in [0, 0.1) is 13.8 Å². The molecule has 1 aromatic carbocycles. The average molecular weight is 219 g/mol. The molecular formula is C14H21NO. The number of anilines is 1. The van der Waals surface area contributed by atoms with E-state index in [4.69, 9.17) is 5.73 Å². The summed E-state index contributed by atoms with van der Waals surface area (Å²) < 4.78 is 0. The molecule has 1 aliphatic rings. The number of benzene rings is 1. The third kappa shape index (κ3) is 2.22. The molecule has 88 valence electrons. The van der Waals surface area contributed by atoms with Crippen molar-refractivity contribution in [2.45, 2.75) is 51.6 Å². The number of rotatable bonds is 1. The van der Waals surface area contributed by atoms with Crippen molar-refractivity contribution in [3.63, 3.8) is 0 Å². The highest BCUT2D eigenvalue weighted by atomic mass is 16.3. The summed E-state index contributed by atoms with van der Waals surface area (Å²) in [6.07, 6.45) is 4.00. The minimum atomic E-state index is -0.0774. The second kappa shape index (κ2) is 4.46. The van der Waals surface area contributed by atoms with Crippen molar-refractivity contribution in [3.8, 4) is 0 Å². The summed E-state index contributed by atoms with van der Waals surface area (Å²) in [6, 6.07) is 4.31. The minimum absolute atomic E-state index is 0.0774. The largest absolute Gasteiger partial charge is 0.399 e. The molecule has 1 aliphatic carbocycles. The van der Waals surface area contributed by atoms with Crippen LogP contribution in [0.25, 0.3) is 0 Å². The Labute approximate surface area is 97.5 Å². The van der Waals surface area contributed by atoms with Gasteiger partial charge in [-0.05, 0) is 68.2 Å². The summed E-state index contributed by atoms with van der Waals surface area (Å²) in [5.74, 6) is 0.614. The van der Waals surface area contributed by atoms with Crippen molar-refractivity contribution in [3.05, 3.63) is 28.8 Å². The molecule has 0 saturated heterocycles. The van der Waals surface area contributed by atoms with Gasteiger partial charge in [0, 0.05) is 5.69 Å². The van der Waals surface area contributed by atoms with Gasteiger partial charge in [0.15, 0.2) is 0 Å². The second-order valence-corrected chi connectivity index (χ2v) is 5.07. The van der Waals surface area contributed by atoms with E-state index in [0.717, 1.165) is 31.4 Å². The maximum Gasteiger partial charge on any atom is 0.0540 e. The zero-order valence-corrected chi connectivity index (χ0v) is 10.2. The van der Waals surface area contributed by atoms with Gasteiger partial charge >= 0.3 is 0 Å². The van der Waals surface area contributed by atoms with Crippen LogP contribution in [0.5, 0.6) is 0 Å². The Kier molecular flexibility index (Phi) is 3.20. The van der Waals surface area contributed by atoms with E-state index in [2.05, 4.69) is 26.0 Å². The van der Waals surface area contributed by atoms with E-state index in [1.165, 1.54) is 16.7 Å². The van der Waals surface area contributed by atoms with Gasteiger partial charge in [-0.15, -0.1) is 0 Å². The molecule has 0 heterocycles. The normalized spacial score (nSPS) is 25.7. The van der Waals surface area contributed by atoms with Gasteiger partial charge in [-0.3, -0.25) is 0 Å². The SMILES string of the molecule is Cc1cc([C@H]2CC[C@@H](O)CC2)c(C)cc1N. The van der Waals surface area contributed by atoms with Crippen LogP contribution in [-0.4, -0.2) is 11.2 Å². The number of aliphatic hydroxyl groups excluding tert-OH is 1. The van der Waals surface area contributed by atoms with Gasteiger partial charge in [-0.2, -0.15) is 0 Å². The molecule has 0 bridgehead atoms. The van der Waals surface area contributed by atoms with Gasteiger partial charge in [0.1, 0.15) is 0 Å². The van der Waals surface area contributed by atoms with Gasteiger partial charge in [-0.25, -0.2) is 0 Å². The molecule has 0 aromatic heterocycles. The molecule has 1 aromatic rings. The molecule has 3 N–H and O–H groups in total. The number of hydrogen-bond acceptors (Lipinski definition) is 2. The van der Waals surface area contributed by atoms with Gasteiger partial charge in [-0.1, -0.05) is 6.07 Å². The number of aryl methyl sites for hydroxylation is 2. The average Bonchev–Trinajstić information content (AvgIpc) is 2.25. The first kappa shape index (κ1) is 11.5. The third-order valence-electron chi connectivity index (χ3n) is 3.79. The van der Waals surface area contributed by atoms with E-state index in [1.807, 2.05) is 0 Å². The smallest absolute Gasteiger partial charge is 0.0540 e.